The van der Waals surface area contributed by atoms with E-state index in [1.807, 2.05) is 48.9 Å². The Morgan fingerprint density at radius 2 is 1.75 bits per heavy atom. The number of nitrogens with zero attached hydrogens (tertiary/aromatic N) is 2. The summed E-state index contributed by atoms with van der Waals surface area (Å²) in [6, 6.07) is 19.6. The SMILES string of the molecule is Cc1cc(C)n(-c2ccc(CCNC(=O)c3ccccc3)cc2)n1. The van der Waals surface area contributed by atoms with Crippen LogP contribution in [0.1, 0.15) is 27.3 Å². The van der Waals surface area contributed by atoms with E-state index in [2.05, 4.69) is 40.7 Å². The summed E-state index contributed by atoms with van der Waals surface area (Å²) in [5.41, 5.74) is 5.07. The van der Waals surface area contributed by atoms with Crippen molar-refractivity contribution in [2.75, 3.05) is 6.54 Å². The first-order valence-corrected chi connectivity index (χ1v) is 8.09. The van der Waals surface area contributed by atoms with E-state index in [0.29, 0.717) is 12.1 Å². The first-order chi connectivity index (χ1) is 11.6. The Balaban J connectivity index is 1.57. The van der Waals surface area contributed by atoms with Crippen LogP contribution in [0.15, 0.2) is 60.7 Å². The van der Waals surface area contributed by atoms with Crippen molar-refractivity contribution >= 4 is 5.91 Å². The zero-order valence-electron chi connectivity index (χ0n) is 14.0. The molecule has 3 rings (SSSR count). The van der Waals surface area contributed by atoms with Crippen molar-refractivity contribution in [2.24, 2.45) is 0 Å². The monoisotopic (exact) mass is 319 g/mol. The molecule has 0 atom stereocenters. The fraction of sp³-hybridized carbons (Fsp3) is 0.200. The van der Waals surface area contributed by atoms with Crippen molar-refractivity contribution in [1.29, 1.82) is 0 Å². The van der Waals surface area contributed by atoms with Gasteiger partial charge >= 0.3 is 0 Å². The maximum absolute atomic E-state index is 12.0. The average molecular weight is 319 g/mol. The van der Waals surface area contributed by atoms with Gasteiger partial charge in [0, 0.05) is 17.8 Å². The molecule has 0 aliphatic carbocycles. The quantitative estimate of drug-likeness (QED) is 0.783. The molecule has 4 heteroatoms. The van der Waals surface area contributed by atoms with Crippen molar-refractivity contribution in [3.05, 3.63) is 83.2 Å². The van der Waals surface area contributed by atoms with Crippen LogP contribution in [0.4, 0.5) is 0 Å². The molecule has 1 heterocycles. The van der Waals surface area contributed by atoms with Gasteiger partial charge in [-0.25, -0.2) is 4.68 Å². The summed E-state index contributed by atoms with van der Waals surface area (Å²) in [7, 11) is 0. The minimum atomic E-state index is -0.0325. The van der Waals surface area contributed by atoms with Crippen molar-refractivity contribution in [3.8, 4) is 5.69 Å². The highest BCUT2D eigenvalue weighted by molar-refractivity contribution is 5.94. The third kappa shape index (κ3) is 3.71. The largest absolute Gasteiger partial charge is 0.352 e. The third-order valence-electron chi connectivity index (χ3n) is 3.93. The Kier molecular flexibility index (Phi) is 4.75. The van der Waals surface area contributed by atoms with Gasteiger partial charge in [0.05, 0.1) is 11.4 Å². The summed E-state index contributed by atoms with van der Waals surface area (Å²) < 4.78 is 1.94. The Morgan fingerprint density at radius 1 is 1.04 bits per heavy atom. The van der Waals surface area contributed by atoms with Crippen LogP contribution >= 0.6 is 0 Å². The number of hydrogen-bond acceptors (Lipinski definition) is 2. The smallest absolute Gasteiger partial charge is 0.251 e. The van der Waals surface area contributed by atoms with E-state index in [9.17, 15) is 4.79 Å². The van der Waals surface area contributed by atoms with E-state index < -0.39 is 0 Å². The van der Waals surface area contributed by atoms with E-state index in [-0.39, 0.29) is 5.91 Å². The maximum Gasteiger partial charge on any atom is 0.251 e. The van der Waals surface area contributed by atoms with Crippen molar-refractivity contribution in [3.63, 3.8) is 0 Å². The summed E-state index contributed by atoms with van der Waals surface area (Å²) in [5, 5.41) is 7.44. The van der Waals surface area contributed by atoms with Gasteiger partial charge in [-0.15, -0.1) is 0 Å². The molecule has 0 saturated carbocycles. The van der Waals surface area contributed by atoms with Gasteiger partial charge in [-0.05, 0) is 56.2 Å². The van der Waals surface area contributed by atoms with Gasteiger partial charge in [0.25, 0.3) is 5.91 Å². The summed E-state index contributed by atoms with van der Waals surface area (Å²) >= 11 is 0. The van der Waals surface area contributed by atoms with Gasteiger partial charge in [0.2, 0.25) is 0 Å². The summed E-state index contributed by atoms with van der Waals surface area (Å²) in [5.74, 6) is -0.0325. The Hall–Kier alpha value is -2.88. The zero-order chi connectivity index (χ0) is 16.9. The molecular formula is C20H21N3O. The van der Waals surface area contributed by atoms with Crippen LogP contribution in [0.2, 0.25) is 0 Å². The number of carbonyl (C=O) groups excluding carboxylic acids is 1. The minimum Gasteiger partial charge on any atom is -0.352 e. The van der Waals surface area contributed by atoms with E-state index in [1.54, 1.807) is 0 Å². The number of hydrogen-bond donors (Lipinski definition) is 1. The van der Waals surface area contributed by atoms with E-state index in [4.69, 9.17) is 0 Å². The fourth-order valence-corrected chi connectivity index (χ4v) is 2.71. The standard InChI is InChI=1S/C20H21N3O/c1-15-14-16(2)23(22-15)19-10-8-17(9-11-19)12-13-21-20(24)18-6-4-3-5-7-18/h3-11,14H,12-13H2,1-2H3,(H,21,24). The molecule has 0 aliphatic rings. The first-order valence-electron chi connectivity index (χ1n) is 8.09. The zero-order valence-corrected chi connectivity index (χ0v) is 14.0. The van der Waals surface area contributed by atoms with Gasteiger partial charge in [-0.3, -0.25) is 4.79 Å². The van der Waals surface area contributed by atoms with Crippen LogP contribution in [0.25, 0.3) is 5.69 Å². The second-order valence-corrected chi connectivity index (χ2v) is 5.88. The van der Waals surface area contributed by atoms with Crippen LogP contribution in [0.3, 0.4) is 0 Å². The lowest BCUT2D eigenvalue weighted by atomic mass is 10.1. The molecule has 4 nitrogen and oxygen atoms in total. The Labute approximate surface area is 142 Å². The van der Waals surface area contributed by atoms with Crippen LogP contribution < -0.4 is 5.32 Å². The third-order valence-corrected chi connectivity index (χ3v) is 3.93. The molecule has 1 N–H and O–H groups in total. The normalized spacial score (nSPS) is 10.6. The Morgan fingerprint density at radius 3 is 2.38 bits per heavy atom. The molecule has 3 aromatic rings. The lowest BCUT2D eigenvalue weighted by molar-refractivity contribution is 0.0954. The fourth-order valence-electron chi connectivity index (χ4n) is 2.71. The molecule has 1 aromatic heterocycles. The molecule has 0 fully saturated rings. The number of benzene rings is 2. The van der Waals surface area contributed by atoms with Gasteiger partial charge in [0.15, 0.2) is 0 Å². The van der Waals surface area contributed by atoms with Gasteiger partial charge in [-0.1, -0.05) is 30.3 Å². The molecular weight excluding hydrogens is 298 g/mol. The minimum absolute atomic E-state index is 0.0325. The molecule has 0 radical (unpaired) electrons. The molecule has 0 bridgehead atoms. The number of aryl methyl sites for hydroxylation is 2. The summed E-state index contributed by atoms with van der Waals surface area (Å²) in [4.78, 5) is 12.0. The van der Waals surface area contributed by atoms with Gasteiger partial charge < -0.3 is 5.32 Å². The molecule has 2 aromatic carbocycles. The number of amides is 1. The lowest BCUT2D eigenvalue weighted by Crippen LogP contribution is -2.25. The highest BCUT2D eigenvalue weighted by Gasteiger charge is 2.05. The Bertz CT molecular complexity index is 820. The number of aromatic nitrogens is 2. The average Bonchev–Trinajstić information content (AvgIpc) is 2.94. The van der Waals surface area contributed by atoms with Gasteiger partial charge in [-0.2, -0.15) is 5.10 Å². The molecule has 0 spiro atoms. The number of nitrogens with one attached hydrogen (secondary N) is 1. The van der Waals surface area contributed by atoms with E-state index in [0.717, 1.165) is 23.5 Å². The topological polar surface area (TPSA) is 46.9 Å². The van der Waals surface area contributed by atoms with Crippen molar-refractivity contribution in [2.45, 2.75) is 20.3 Å². The van der Waals surface area contributed by atoms with E-state index >= 15 is 0 Å². The highest BCUT2D eigenvalue weighted by Crippen LogP contribution is 2.13. The van der Waals surface area contributed by atoms with E-state index in [1.165, 1.54) is 5.56 Å². The van der Waals surface area contributed by atoms with Crippen molar-refractivity contribution < 1.29 is 4.79 Å². The van der Waals surface area contributed by atoms with Crippen LogP contribution in [-0.2, 0) is 6.42 Å². The molecule has 0 saturated heterocycles. The molecule has 24 heavy (non-hydrogen) atoms. The molecule has 0 unspecified atom stereocenters. The second kappa shape index (κ2) is 7.13. The van der Waals surface area contributed by atoms with Crippen LogP contribution in [0.5, 0.6) is 0 Å². The molecule has 0 aliphatic heterocycles. The molecule has 1 amide bonds. The number of rotatable bonds is 5. The first kappa shape index (κ1) is 16.0. The van der Waals surface area contributed by atoms with Crippen molar-refractivity contribution in [1.82, 2.24) is 15.1 Å². The second-order valence-electron chi connectivity index (χ2n) is 5.88. The summed E-state index contributed by atoms with van der Waals surface area (Å²) in [6.45, 7) is 4.66. The maximum atomic E-state index is 12.0. The highest BCUT2D eigenvalue weighted by atomic mass is 16.1. The number of carbonyl (C=O) groups is 1. The van der Waals surface area contributed by atoms with Crippen LogP contribution in [-0.4, -0.2) is 22.2 Å². The summed E-state index contributed by atoms with van der Waals surface area (Å²) in [6.07, 6.45) is 0.802. The molecule has 122 valence electrons. The predicted molar refractivity (Wildman–Crippen MR) is 95.5 cm³/mol. The van der Waals surface area contributed by atoms with Gasteiger partial charge in [0.1, 0.15) is 0 Å². The predicted octanol–water partition coefficient (Wildman–Crippen LogP) is 3.46. The lowest BCUT2D eigenvalue weighted by Gasteiger charge is -2.08. The van der Waals surface area contributed by atoms with Crippen LogP contribution in [0, 0.1) is 13.8 Å².